The van der Waals surface area contributed by atoms with Crippen molar-refractivity contribution in [1.29, 1.82) is 0 Å². The first-order valence-corrected chi connectivity index (χ1v) is 10.8. The summed E-state index contributed by atoms with van der Waals surface area (Å²) in [7, 11) is 0. The molecule has 4 heteroatoms. The molecule has 0 spiro atoms. The average molecular weight is 405 g/mol. The predicted molar refractivity (Wildman–Crippen MR) is 126 cm³/mol. The van der Waals surface area contributed by atoms with E-state index in [0.717, 1.165) is 37.4 Å². The lowest BCUT2D eigenvalue weighted by Crippen LogP contribution is -2.01. The monoisotopic (exact) mass is 404 g/mol. The second kappa shape index (κ2) is 11.8. The van der Waals surface area contributed by atoms with E-state index < -0.39 is 0 Å². The molecule has 0 unspecified atom stereocenters. The fourth-order valence-corrected chi connectivity index (χ4v) is 3.36. The summed E-state index contributed by atoms with van der Waals surface area (Å²) in [5.74, 6) is 1.66. The van der Waals surface area contributed by atoms with Gasteiger partial charge in [-0.25, -0.2) is 0 Å². The van der Waals surface area contributed by atoms with Gasteiger partial charge in [-0.1, -0.05) is 68.1 Å². The Labute approximate surface area is 179 Å². The van der Waals surface area contributed by atoms with Crippen LogP contribution in [0, 0.1) is 0 Å². The summed E-state index contributed by atoms with van der Waals surface area (Å²) < 4.78 is 11.6. The van der Waals surface area contributed by atoms with Crippen molar-refractivity contribution in [2.45, 2.75) is 38.5 Å². The number of hydrogen-bond acceptors (Lipinski definition) is 4. The molecule has 0 aliphatic rings. The first kappa shape index (κ1) is 21.6. The highest BCUT2D eigenvalue weighted by Crippen LogP contribution is 2.24. The molecule has 3 rings (SSSR count). The summed E-state index contributed by atoms with van der Waals surface area (Å²) in [6.45, 7) is 1.46. The summed E-state index contributed by atoms with van der Waals surface area (Å²) in [6, 6.07) is 24.1. The van der Waals surface area contributed by atoms with Crippen LogP contribution in [0.5, 0.6) is 11.5 Å². The number of nitrogens with two attached hydrogens (primary N) is 2. The molecule has 30 heavy (non-hydrogen) atoms. The van der Waals surface area contributed by atoms with Gasteiger partial charge in [-0.2, -0.15) is 0 Å². The van der Waals surface area contributed by atoms with Crippen LogP contribution in [-0.4, -0.2) is 13.2 Å². The molecule has 3 aromatic rings. The van der Waals surface area contributed by atoms with Crippen molar-refractivity contribution < 1.29 is 9.47 Å². The smallest absolute Gasteiger partial charge is 0.142 e. The Kier molecular flexibility index (Phi) is 8.46. The quantitative estimate of drug-likeness (QED) is 0.274. The SMILES string of the molecule is Nc1ccc(OCCCCCCCCOc2ccc(-c3ccccc3)cc2)c(N)c1. The van der Waals surface area contributed by atoms with Crippen LogP contribution in [0.3, 0.4) is 0 Å². The summed E-state index contributed by atoms with van der Waals surface area (Å²) in [4.78, 5) is 0. The van der Waals surface area contributed by atoms with E-state index in [4.69, 9.17) is 20.9 Å². The highest BCUT2D eigenvalue weighted by molar-refractivity contribution is 5.64. The molecule has 158 valence electrons. The number of benzene rings is 3. The Morgan fingerprint density at radius 1 is 0.567 bits per heavy atom. The van der Waals surface area contributed by atoms with Crippen molar-refractivity contribution in [2.75, 3.05) is 24.7 Å². The van der Waals surface area contributed by atoms with E-state index >= 15 is 0 Å². The van der Waals surface area contributed by atoms with Crippen LogP contribution in [0.25, 0.3) is 11.1 Å². The third kappa shape index (κ3) is 7.03. The molecule has 0 saturated heterocycles. The van der Waals surface area contributed by atoms with Gasteiger partial charge in [-0.05, 0) is 54.3 Å². The van der Waals surface area contributed by atoms with Gasteiger partial charge < -0.3 is 20.9 Å². The van der Waals surface area contributed by atoms with Gasteiger partial charge in [-0.15, -0.1) is 0 Å². The highest BCUT2D eigenvalue weighted by Gasteiger charge is 2.01. The first-order chi connectivity index (χ1) is 14.7. The Bertz CT molecular complexity index is 879. The van der Waals surface area contributed by atoms with Gasteiger partial charge in [0.2, 0.25) is 0 Å². The molecule has 0 aliphatic carbocycles. The minimum Gasteiger partial charge on any atom is -0.494 e. The molecule has 0 amide bonds. The molecule has 0 saturated carbocycles. The van der Waals surface area contributed by atoms with E-state index in [1.54, 1.807) is 6.07 Å². The van der Waals surface area contributed by atoms with E-state index in [2.05, 4.69) is 48.5 Å². The molecule has 0 aliphatic heterocycles. The Hall–Kier alpha value is -3.14. The molecule has 4 N–H and O–H groups in total. The van der Waals surface area contributed by atoms with E-state index in [1.165, 1.54) is 30.4 Å². The normalized spacial score (nSPS) is 10.7. The van der Waals surface area contributed by atoms with Gasteiger partial charge in [0.05, 0.1) is 18.9 Å². The fourth-order valence-electron chi connectivity index (χ4n) is 3.36. The topological polar surface area (TPSA) is 70.5 Å². The van der Waals surface area contributed by atoms with Crippen LogP contribution in [0.2, 0.25) is 0 Å². The largest absolute Gasteiger partial charge is 0.494 e. The molecule has 0 radical (unpaired) electrons. The number of anilines is 2. The third-order valence-electron chi connectivity index (χ3n) is 5.06. The lowest BCUT2D eigenvalue weighted by atomic mass is 10.1. The zero-order chi connectivity index (χ0) is 21.0. The molecule has 0 bridgehead atoms. The van der Waals surface area contributed by atoms with Crippen LogP contribution >= 0.6 is 0 Å². The summed E-state index contributed by atoms with van der Waals surface area (Å²) in [5, 5.41) is 0. The summed E-state index contributed by atoms with van der Waals surface area (Å²) in [5.41, 5.74) is 15.3. The number of ether oxygens (including phenoxy) is 2. The molecule has 0 fully saturated rings. The van der Waals surface area contributed by atoms with Crippen molar-refractivity contribution in [3.63, 3.8) is 0 Å². The van der Waals surface area contributed by atoms with Crippen molar-refractivity contribution in [2.24, 2.45) is 0 Å². The van der Waals surface area contributed by atoms with Crippen molar-refractivity contribution >= 4 is 11.4 Å². The molecular weight excluding hydrogens is 372 g/mol. The van der Waals surface area contributed by atoms with Gasteiger partial charge in [0, 0.05) is 5.69 Å². The highest BCUT2D eigenvalue weighted by atomic mass is 16.5. The second-order valence-corrected chi connectivity index (χ2v) is 7.51. The van der Waals surface area contributed by atoms with Crippen molar-refractivity contribution in [1.82, 2.24) is 0 Å². The van der Waals surface area contributed by atoms with Gasteiger partial charge in [0.25, 0.3) is 0 Å². The fraction of sp³-hybridized carbons (Fsp3) is 0.308. The Morgan fingerprint density at radius 3 is 1.83 bits per heavy atom. The van der Waals surface area contributed by atoms with Crippen LogP contribution < -0.4 is 20.9 Å². The van der Waals surface area contributed by atoms with Crippen LogP contribution in [0.4, 0.5) is 11.4 Å². The number of nitrogen functional groups attached to an aromatic ring is 2. The van der Waals surface area contributed by atoms with Crippen LogP contribution in [0.1, 0.15) is 38.5 Å². The first-order valence-electron chi connectivity index (χ1n) is 10.8. The van der Waals surface area contributed by atoms with E-state index in [9.17, 15) is 0 Å². The number of hydrogen-bond donors (Lipinski definition) is 2. The van der Waals surface area contributed by atoms with E-state index in [0.29, 0.717) is 18.0 Å². The maximum Gasteiger partial charge on any atom is 0.142 e. The number of unbranched alkanes of at least 4 members (excludes halogenated alkanes) is 5. The lowest BCUT2D eigenvalue weighted by Gasteiger charge is -2.09. The van der Waals surface area contributed by atoms with Crippen molar-refractivity contribution in [3.05, 3.63) is 72.8 Å². The molecule has 3 aromatic carbocycles. The van der Waals surface area contributed by atoms with Gasteiger partial charge in [0.15, 0.2) is 0 Å². The summed E-state index contributed by atoms with van der Waals surface area (Å²) in [6.07, 6.45) is 6.91. The molecule has 0 aromatic heterocycles. The van der Waals surface area contributed by atoms with Gasteiger partial charge in [-0.3, -0.25) is 0 Å². The minimum absolute atomic E-state index is 0.602. The molecule has 0 atom stereocenters. The molecule has 0 heterocycles. The lowest BCUT2D eigenvalue weighted by molar-refractivity contribution is 0.297. The summed E-state index contributed by atoms with van der Waals surface area (Å²) >= 11 is 0. The van der Waals surface area contributed by atoms with Crippen LogP contribution in [0.15, 0.2) is 72.8 Å². The van der Waals surface area contributed by atoms with Crippen LogP contribution in [-0.2, 0) is 0 Å². The van der Waals surface area contributed by atoms with E-state index in [-0.39, 0.29) is 0 Å². The maximum atomic E-state index is 5.89. The molecule has 4 nitrogen and oxygen atoms in total. The average Bonchev–Trinajstić information content (AvgIpc) is 2.77. The Morgan fingerprint density at radius 2 is 1.17 bits per heavy atom. The zero-order valence-corrected chi connectivity index (χ0v) is 17.6. The Balaban J connectivity index is 1.21. The van der Waals surface area contributed by atoms with Crippen molar-refractivity contribution in [3.8, 4) is 22.6 Å². The second-order valence-electron chi connectivity index (χ2n) is 7.51. The standard InChI is InChI=1S/C26H32N2O2/c27-23-14-17-26(25(28)20-23)30-19-9-4-2-1-3-8-18-29-24-15-12-22(13-16-24)21-10-6-5-7-11-21/h5-7,10-17,20H,1-4,8-9,18-19,27-28H2. The number of rotatable bonds is 12. The zero-order valence-electron chi connectivity index (χ0n) is 17.6. The van der Waals surface area contributed by atoms with Gasteiger partial charge in [0.1, 0.15) is 11.5 Å². The molecular formula is C26H32N2O2. The predicted octanol–water partition coefficient (Wildman–Crippen LogP) is 6.32. The van der Waals surface area contributed by atoms with Gasteiger partial charge >= 0.3 is 0 Å². The minimum atomic E-state index is 0.602. The maximum absolute atomic E-state index is 5.89. The third-order valence-corrected chi connectivity index (χ3v) is 5.06. The van der Waals surface area contributed by atoms with E-state index in [1.807, 2.05) is 18.2 Å².